The van der Waals surface area contributed by atoms with Crippen molar-refractivity contribution < 1.29 is 5.11 Å². The topological polar surface area (TPSA) is 33.1 Å². The van der Waals surface area contributed by atoms with Gasteiger partial charge < -0.3 is 5.11 Å². The predicted octanol–water partition coefficient (Wildman–Crippen LogP) is 4.66. The minimum Gasteiger partial charge on any atom is -0.388 e. The lowest BCUT2D eigenvalue weighted by atomic mass is 9.98. The number of hydrogen-bond acceptors (Lipinski definition) is 2. The number of halogens is 3. The van der Waals surface area contributed by atoms with Crippen LogP contribution in [0.25, 0.3) is 21.8 Å². The molecule has 0 aliphatic heterocycles. The molecule has 1 atom stereocenters. The third kappa shape index (κ3) is 2.95. The second kappa shape index (κ2) is 5.62. The Morgan fingerprint density at radius 3 is 1.86 bits per heavy atom. The van der Waals surface area contributed by atoms with Crippen molar-refractivity contribution in [1.29, 1.82) is 0 Å². The number of benzene rings is 2. The number of aromatic nitrogens is 1. The van der Waals surface area contributed by atoms with Crippen LogP contribution < -0.4 is 0 Å². The summed E-state index contributed by atoms with van der Waals surface area (Å²) in [4.78, 5) is 4.63. The second-order valence-electron chi connectivity index (χ2n) is 4.89. The van der Waals surface area contributed by atoms with Gasteiger partial charge in [0.1, 0.15) is 6.10 Å². The summed E-state index contributed by atoms with van der Waals surface area (Å²) in [6.45, 7) is 0. The van der Waals surface area contributed by atoms with Gasteiger partial charge in [-0.2, -0.15) is 0 Å². The Morgan fingerprint density at radius 2 is 1.38 bits per heavy atom. The molecule has 0 spiro atoms. The molecule has 0 aliphatic carbocycles. The zero-order valence-corrected chi connectivity index (χ0v) is 13.2. The fourth-order valence-electron chi connectivity index (χ4n) is 2.46. The largest absolute Gasteiger partial charge is 0.388 e. The molecule has 1 heterocycles. The van der Waals surface area contributed by atoms with Gasteiger partial charge in [-0.15, -0.1) is 0 Å². The second-order valence-corrected chi connectivity index (χ2v) is 7.26. The molecule has 21 heavy (non-hydrogen) atoms. The van der Waals surface area contributed by atoms with Crippen molar-refractivity contribution in [2.24, 2.45) is 0 Å². The molecule has 1 aromatic heterocycles. The number of rotatable bonds is 2. The number of alkyl halides is 3. The van der Waals surface area contributed by atoms with Crippen LogP contribution in [0.5, 0.6) is 0 Å². The lowest BCUT2D eigenvalue weighted by molar-refractivity contribution is 0.180. The van der Waals surface area contributed by atoms with Crippen molar-refractivity contribution in [2.45, 2.75) is 16.3 Å². The highest BCUT2D eigenvalue weighted by Gasteiger charge is 2.31. The maximum absolute atomic E-state index is 10.1. The van der Waals surface area contributed by atoms with Crippen molar-refractivity contribution in [3.63, 3.8) is 0 Å². The first-order valence-corrected chi connectivity index (χ1v) is 7.61. The molecule has 0 amide bonds. The fraction of sp³-hybridized carbons (Fsp3) is 0.188. The Hall–Kier alpha value is -1.06. The molecule has 0 saturated heterocycles. The Balaban J connectivity index is 2.25. The number of hydrogen-bond donors (Lipinski definition) is 1. The lowest BCUT2D eigenvalue weighted by Gasteiger charge is -2.20. The van der Waals surface area contributed by atoms with Gasteiger partial charge in [-0.1, -0.05) is 71.2 Å². The number of aliphatic hydroxyl groups excluding tert-OH is 1. The normalized spacial score (nSPS) is 13.7. The summed E-state index contributed by atoms with van der Waals surface area (Å²) in [7, 11) is 0. The van der Waals surface area contributed by atoms with Gasteiger partial charge >= 0.3 is 0 Å². The van der Waals surface area contributed by atoms with Crippen LogP contribution in [0.4, 0.5) is 0 Å². The van der Waals surface area contributed by atoms with E-state index in [1.54, 1.807) is 0 Å². The first-order valence-electron chi connectivity index (χ1n) is 6.48. The first kappa shape index (κ1) is 14.9. The molecular formula is C16H12Cl3NO. The Labute approximate surface area is 137 Å². The highest BCUT2D eigenvalue weighted by molar-refractivity contribution is 6.68. The Bertz CT molecular complexity index is 744. The molecule has 1 N–H and O–H groups in total. The maximum Gasteiger partial charge on any atom is 0.216 e. The van der Waals surface area contributed by atoms with E-state index in [-0.39, 0.29) is 6.42 Å². The molecular weight excluding hydrogens is 329 g/mol. The fourth-order valence-corrected chi connectivity index (χ4v) is 2.69. The van der Waals surface area contributed by atoms with Crippen LogP contribution in [0.2, 0.25) is 0 Å². The Kier molecular flexibility index (Phi) is 3.98. The van der Waals surface area contributed by atoms with Crippen LogP contribution >= 0.6 is 34.8 Å². The van der Waals surface area contributed by atoms with Crippen molar-refractivity contribution in [3.05, 3.63) is 54.1 Å². The van der Waals surface area contributed by atoms with Gasteiger partial charge in [0.25, 0.3) is 0 Å². The average molecular weight is 341 g/mol. The molecule has 5 heteroatoms. The summed E-state index contributed by atoms with van der Waals surface area (Å²) in [5, 5.41) is 12.1. The van der Waals surface area contributed by atoms with Gasteiger partial charge in [0, 0.05) is 17.2 Å². The van der Waals surface area contributed by atoms with Crippen molar-refractivity contribution in [1.82, 2.24) is 4.98 Å². The summed E-state index contributed by atoms with van der Waals surface area (Å²) in [5.41, 5.74) is 2.67. The summed E-state index contributed by atoms with van der Waals surface area (Å²) >= 11 is 17.4. The lowest BCUT2D eigenvalue weighted by Crippen LogP contribution is -2.27. The van der Waals surface area contributed by atoms with Crippen LogP contribution in [0.1, 0.15) is 5.56 Å². The van der Waals surface area contributed by atoms with E-state index in [2.05, 4.69) is 4.98 Å². The molecule has 0 saturated carbocycles. The third-order valence-electron chi connectivity index (χ3n) is 3.47. The highest BCUT2D eigenvalue weighted by Crippen LogP contribution is 2.35. The van der Waals surface area contributed by atoms with E-state index in [1.165, 1.54) is 0 Å². The first-order chi connectivity index (χ1) is 9.97. The molecule has 0 aliphatic rings. The highest BCUT2D eigenvalue weighted by atomic mass is 35.6. The molecule has 0 radical (unpaired) electrons. The van der Waals surface area contributed by atoms with Gasteiger partial charge in [-0.3, -0.25) is 0 Å². The number of para-hydroxylation sites is 2. The van der Waals surface area contributed by atoms with Crippen LogP contribution in [-0.2, 0) is 6.42 Å². The van der Waals surface area contributed by atoms with Crippen LogP contribution in [0.3, 0.4) is 0 Å². The molecule has 0 fully saturated rings. The van der Waals surface area contributed by atoms with Crippen molar-refractivity contribution in [3.8, 4) is 0 Å². The van der Waals surface area contributed by atoms with E-state index in [1.807, 2.05) is 48.5 Å². The standard InChI is InChI=1S/C16H12Cl3NO/c17-16(18,19)15(21)9-12-10-5-1-3-7-13(10)20-14-8-4-2-6-11(12)14/h1-8,15,21H,9H2/t15-/m0/s1. The van der Waals surface area contributed by atoms with E-state index in [9.17, 15) is 5.11 Å². The number of aliphatic hydroxyl groups is 1. The average Bonchev–Trinajstić information content (AvgIpc) is 2.46. The van der Waals surface area contributed by atoms with Crippen LogP contribution in [0, 0.1) is 0 Å². The molecule has 2 aromatic carbocycles. The van der Waals surface area contributed by atoms with Gasteiger partial charge in [0.2, 0.25) is 3.79 Å². The summed E-state index contributed by atoms with van der Waals surface area (Å²) in [6.07, 6.45) is -0.836. The summed E-state index contributed by atoms with van der Waals surface area (Å²) in [6, 6.07) is 15.5. The SMILES string of the molecule is O[C@@H](Cc1c2ccccc2nc2ccccc12)C(Cl)(Cl)Cl. The predicted molar refractivity (Wildman–Crippen MR) is 89.2 cm³/mol. The molecule has 108 valence electrons. The third-order valence-corrected chi connectivity index (χ3v) is 4.23. The van der Waals surface area contributed by atoms with Gasteiger partial charge in [-0.25, -0.2) is 4.98 Å². The molecule has 3 aromatic rings. The summed E-state index contributed by atoms with van der Waals surface area (Å²) < 4.78 is -1.72. The van der Waals surface area contributed by atoms with E-state index in [4.69, 9.17) is 34.8 Å². The molecule has 0 unspecified atom stereocenters. The van der Waals surface area contributed by atoms with Gasteiger partial charge in [0.05, 0.1) is 11.0 Å². The van der Waals surface area contributed by atoms with Crippen molar-refractivity contribution in [2.75, 3.05) is 0 Å². The van der Waals surface area contributed by atoms with Crippen LogP contribution in [0.15, 0.2) is 48.5 Å². The van der Waals surface area contributed by atoms with Crippen LogP contribution in [-0.4, -0.2) is 20.0 Å². The van der Waals surface area contributed by atoms with Gasteiger partial charge in [-0.05, 0) is 17.7 Å². The minimum atomic E-state index is -1.72. The molecule has 0 bridgehead atoms. The van der Waals surface area contributed by atoms with E-state index >= 15 is 0 Å². The van der Waals surface area contributed by atoms with Crippen molar-refractivity contribution >= 4 is 56.6 Å². The zero-order chi connectivity index (χ0) is 15.0. The molecule has 3 rings (SSSR count). The smallest absolute Gasteiger partial charge is 0.216 e. The van der Waals surface area contributed by atoms with E-state index in [0.717, 1.165) is 27.4 Å². The van der Waals surface area contributed by atoms with Gasteiger partial charge in [0.15, 0.2) is 0 Å². The minimum absolute atomic E-state index is 0.250. The number of fused-ring (bicyclic) bond motifs is 2. The number of pyridine rings is 1. The quantitative estimate of drug-likeness (QED) is 0.543. The summed E-state index contributed by atoms with van der Waals surface area (Å²) in [5.74, 6) is 0. The number of nitrogens with zero attached hydrogens (tertiary/aromatic N) is 1. The van der Waals surface area contributed by atoms with E-state index in [0.29, 0.717) is 0 Å². The van der Waals surface area contributed by atoms with E-state index < -0.39 is 9.90 Å². The maximum atomic E-state index is 10.1. The zero-order valence-electron chi connectivity index (χ0n) is 10.9. The molecule has 2 nitrogen and oxygen atoms in total. The monoisotopic (exact) mass is 339 g/mol. The Morgan fingerprint density at radius 1 is 0.905 bits per heavy atom.